The summed E-state index contributed by atoms with van der Waals surface area (Å²) in [4.78, 5) is 30.9. The number of Topliss-reactive ketones (excluding diaryl/α,β-unsaturated/α-hetero) is 1. The van der Waals surface area contributed by atoms with Crippen molar-refractivity contribution < 1.29 is 4.79 Å². The van der Waals surface area contributed by atoms with Gasteiger partial charge in [-0.2, -0.15) is 0 Å². The Morgan fingerprint density at radius 3 is 2.78 bits per heavy atom. The van der Waals surface area contributed by atoms with Gasteiger partial charge in [0.05, 0.1) is 12.1 Å². The van der Waals surface area contributed by atoms with Crippen molar-refractivity contribution in [1.82, 2.24) is 19.9 Å². The van der Waals surface area contributed by atoms with Crippen LogP contribution in [0.15, 0.2) is 49.1 Å². The smallest absolute Gasteiger partial charge is 0.181 e. The van der Waals surface area contributed by atoms with E-state index in [9.17, 15) is 4.79 Å². The number of carbonyl (C=O) groups excluding carboxylic acids is 1. The number of carbonyl (C=O) groups is 1. The van der Waals surface area contributed by atoms with Crippen LogP contribution in [0.25, 0.3) is 21.3 Å². The predicted molar refractivity (Wildman–Crippen MR) is 107 cm³/mol. The molecule has 0 saturated heterocycles. The molecule has 0 aliphatic carbocycles. The van der Waals surface area contributed by atoms with Crippen LogP contribution in [-0.2, 0) is 6.54 Å². The number of anilines is 1. The SMILES string of the molecule is CC(=O)c1nccnc1NCc1ccc(-c2ccc3ncnc(C)c3c2)s1. The van der Waals surface area contributed by atoms with E-state index >= 15 is 0 Å². The van der Waals surface area contributed by atoms with E-state index in [-0.39, 0.29) is 5.78 Å². The van der Waals surface area contributed by atoms with Gasteiger partial charge < -0.3 is 5.32 Å². The highest BCUT2D eigenvalue weighted by atomic mass is 32.1. The van der Waals surface area contributed by atoms with E-state index in [1.807, 2.05) is 13.0 Å². The molecule has 0 unspecified atom stereocenters. The molecule has 27 heavy (non-hydrogen) atoms. The Labute approximate surface area is 160 Å². The highest BCUT2D eigenvalue weighted by molar-refractivity contribution is 7.15. The fourth-order valence-corrected chi connectivity index (χ4v) is 3.81. The summed E-state index contributed by atoms with van der Waals surface area (Å²) in [5, 5.41) is 4.27. The number of rotatable bonds is 5. The first-order chi connectivity index (χ1) is 13.1. The van der Waals surface area contributed by atoms with Gasteiger partial charge in [0.2, 0.25) is 0 Å². The van der Waals surface area contributed by atoms with E-state index in [0.29, 0.717) is 18.1 Å². The summed E-state index contributed by atoms with van der Waals surface area (Å²) in [7, 11) is 0. The monoisotopic (exact) mass is 375 g/mol. The highest BCUT2D eigenvalue weighted by Crippen LogP contribution is 2.31. The lowest BCUT2D eigenvalue weighted by atomic mass is 10.1. The second-order valence-electron chi connectivity index (χ2n) is 6.12. The molecule has 0 saturated carbocycles. The number of nitrogens with one attached hydrogen (secondary N) is 1. The summed E-state index contributed by atoms with van der Waals surface area (Å²) in [5.41, 5.74) is 3.42. The first-order valence-corrected chi connectivity index (χ1v) is 9.30. The van der Waals surface area contributed by atoms with E-state index in [0.717, 1.165) is 27.0 Å². The zero-order valence-corrected chi connectivity index (χ0v) is 15.7. The summed E-state index contributed by atoms with van der Waals surface area (Å²) in [6, 6.07) is 10.4. The number of fused-ring (bicyclic) bond motifs is 1. The lowest BCUT2D eigenvalue weighted by Crippen LogP contribution is -2.08. The largest absolute Gasteiger partial charge is 0.363 e. The Morgan fingerprint density at radius 2 is 1.93 bits per heavy atom. The van der Waals surface area contributed by atoms with Crippen molar-refractivity contribution in [2.75, 3.05) is 5.32 Å². The topological polar surface area (TPSA) is 80.7 Å². The Kier molecular flexibility index (Phi) is 4.60. The molecule has 0 aliphatic heterocycles. The van der Waals surface area contributed by atoms with Crippen LogP contribution in [0.5, 0.6) is 0 Å². The summed E-state index contributed by atoms with van der Waals surface area (Å²) in [5.74, 6) is 0.407. The second kappa shape index (κ2) is 7.20. The van der Waals surface area contributed by atoms with Crippen molar-refractivity contribution in [2.45, 2.75) is 20.4 Å². The van der Waals surface area contributed by atoms with E-state index in [4.69, 9.17) is 0 Å². The van der Waals surface area contributed by atoms with Gasteiger partial charge in [-0.1, -0.05) is 6.07 Å². The molecular weight excluding hydrogens is 358 g/mol. The molecule has 134 valence electrons. The fourth-order valence-electron chi connectivity index (χ4n) is 2.86. The van der Waals surface area contributed by atoms with Crippen LogP contribution in [0.4, 0.5) is 5.82 Å². The quantitative estimate of drug-likeness (QED) is 0.525. The molecular formula is C20H17N5OS. The molecule has 7 heteroatoms. The van der Waals surface area contributed by atoms with Crippen molar-refractivity contribution in [3.8, 4) is 10.4 Å². The van der Waals surface area contributed by atoms with Crippen molar-refractivity contribution in [2.24, 2.45) is 0 Å². The Balaban J connectivity index is 1.56. The van der Waals surface area contributed by atoms with Gasteiger partial charge in [0, 0.05) is 40.2 Å². The minimum absolute atomic E-state index is 0.105. The summed E-state index contributed by atoms with van der Waals surface area (Å²) < 4.78 is 0. The number of aromatic nitrogens is 4. The molecule has 0 radical (unpaired) electrons. The van der Waals surface area contributed by atoms with Crippen molar-refractivity contribution in [1.29, 1.82) is 0 Å². The zero-order chi connectivity index (χ0) is 18.8. The fraction of sp³-hybridized carbons (Fsp3) is 0.150. The van der Waals surface area contributed by atoms with Crippen LogP contribution in [0.3, 0.4) is 0 Å². The van der Waals surface area contributed by atoms with E-state index in [2.05, 4.69) is 49.5 Å². The minimum atomic E-state index is -0.105. The van der Waals surface area contributed by atoms with Crippen LogP contribution in [-0.4, -0.2) is 25.7 Å². The number of ketones is 1. The molecule has 3 heterocycles. The molecule has 0 spiro atoms. The van der Waals surface area contributed by atoms with Gasteiger partial charge in [-0.25, -0.2) is 19.9 Å². The van der Waals surface area contributed by atoms with Crippen molar-refractivity contribution >= 4 is 33.8 Å². The molecule has 0 aliphatic rings. The molecule has 0 atom stereocenters. The van der Waals surface area contributed by atoms with Crippen LogP contribution in [0, 0.1) is 6.92 Å². The molecule has 1 N–H and O–H groups in total. The van der Waals surface area contributed by atoms with E-state index in [1.165, 1.54) is 18.0 Å². The van der Waals surface area contributed by atoms with Gasteiger partial charge in [0.15, 0.2) is 11.6 Å². The zero-order valence-electron chi connectivity index (χ0n) is 14.9. The van der Waals surface area contributed by atoms with Gasteiger partial charge in [-0.3, -0.25) is 4.79 Å². The van der Waals surface area contributed by atoms with Gasteiger partial charge in [-0.05, 0) is 36.8 Å². The summed E-state index contributed by atoms with van der Waals surface area (Å²) >= 11 is 1.70. The van der Waals surface area contributed by atoms with Crippen molar-refractivity contribution in [3.05, 3.63) is 65.3 Å². The number of hydrogen-bond donors (Lipinski definition) is 1. The number of benzene rings is 1. The molecule has 0 amide bonds. The Morgan fingerprint density at radius 1 is 1.07 bits per heavy atom. The third-order valence-corrected chi connectivity index (χ3v) is 5.38. The maximum atomic E-state index is 11.7. The Hall–Kier alpha value is -3.19. The van der Waals surface area contributed by atoms with Crippen LogP contribution in [0.2, 0.25) is 0 Å². The number of hydrogen-bond acceptors (Lipinski definition) is 7. The predicted octanol–water partition coefficient (Wildman–Crippen LogP) is 4.27. The first kappa shape index (κ1) is 17.2. The van der Waals surface area contributed by atoms with Crippen LogP contribution in [0.1, 0.15) is 28.0 Å². The lowest BCUT2D eigenvalue weighted by Gasteiger charge is -2.06. The third kappa shape index (κ3) is 3.54. The minimum Gasteiger partial charge on any atom is -0.363 e. The second-order valence-corrected chi connectivity index (χ2v) is 7.29. The maximum absolute atomic E-state index is 11.7. The van der Waals surface area contributed by atoms with E-state index < -0.39 is 0 Å². The Bertz CT molecular complexity index is 1140. The molecule has 4 rings (SSSR count). The first-order valence-electron chi connectivity index (χ1n) is 8.48. The molecule has 1 aromatic carbocycles. The average molecular weight is 375 g/mol. The molecule has 3 aromatic heterocycles. The van der Waals surface area contributed by atoms with Gasteiger partial charge in [-0.15, -0.1) is 11.3 Å². The average Bonchev–Trinajstić information content (AvgIpc) is 3.16. The summed E-state index contributed by atoms with van der Waals surface area (Å²) in [6.07, 6.45) is 4.69. The standard InChI is InChI=1S/C20H17N5OS/c1-12-16-9-14(3-5-17(16)25-11-24-12)18-6-4-15(27-18)10-23-20-19(13(2)26)21-7-8-22-20/h3-9,11H,10H2,1-2H3,(H,22,23). The molecule has 6 nitrogen and oxygen atoms in total. The number of nitrogens with zero attached hydrogens (tertiary/aromatic N) is 4. The van der Waals surface area contributed by atoms with E-state index in [1.54, 1.807) is 23.9 Å². The van der Waals surface area contributed by atoms with Crippen molar-refractivity contribution in [3.63, 3.8) is 0 Å². The normalized spacial score (nSPS) is 10.9. The van der Waals surface area contributed by atoms with Gasteiger partial charge >= 0.3 is 0 Å². The molecule has 0 fully saturated rings. The van der Waals surface area contributed by atoms with Crippen LogP contribution < -0.4 is 5.32 Å². The highest BCUT2D eigenvalue weighted by Gasteiger charge is 2.10. The summed E-state index contributed by atoms with van der Waals surface area (Å²) in [6.45, 7) is 4.06. The number of aryl methyl sites for hydroxylation is 1. The number of thiophene rings is 1. The van der Waals surface area contributed by atoms with Gasteiger partial charge in [0.25, 0.3) is 0 Å². The molecule has 0 bridgehead atoms. The van der Waals surface area contributed by atoms with Gasteiger partial charge in [0.1, 0.15) is 12.0 Å². The maximum Gasteiger partial charge on any atom is 0.181 e. The lowest BCUT2D eigenvalue weighted by molar-refractivity contribution is 0.101. The third-order valence-electron chi connectivity index (χ3n) is 4.24. The molecule has 4 aromatic rings. The van der Waals surface area contributed by atoms with Crippen LogP contribution >= 0.6 is 11.3 Å².